The zero-order valence-corrected chi connectivity index (χ0v) is 14.9. The standard InChI is InChI=1S/C19H20N4O3/c1-4-11-23-19(25)15-8-6-5-7-14(15)17(22-23)18(24)21-20-13(3)16-10-9-12(2)26-16/h5-10H,4,11H2,1-3H3,(H,21,24)/b20-13+. The molecule has 3 rings (SSSR count). The summed E-state index contributed by atoms with van der Waals surface area (Å²) in [5.41, 5.74) is 3.00. The Morgan fingerprint density at radius 2 is 1.96 bits per heavy atom. The van der Waals surface area contributed by atoms with Crippen molar-refractivity contribution in [1.82, 2.24) is 15.2 Å². The Labute approximate surface area is 150 Å². The lowest BCUT2D eigenvalue weighted by Gasteiger charge is -2.09. The van der Waals surface area contributed by atoms with E-state index in [0.29, 0.717) is 28.8 Å². The molecule has 0 saturated heterocycles. The van der Waals surface area contributed by atoms with Crippen molar-refractivity contribution in [2.75, 3.05) is 0 Å². The first-order valence-electron chi connectivity index (χ1n) is 8.42. The lowest BCUT2D eigenvalue weighted by atomic mass is 10.1. The SMILES string of the molecule is CCCn1nc(C(=O)N/N=C(\C)c2ccc(C)o2)c2ccccc2c1=O. The van der Waals surface area contributed by atoms with E-state index in [2.05, 4.69) is 15.6 Å². The minimum absolute atomic E-state index is 0.167. The van der Waals surface area contributed by atoms with E-state index < -0.39 is 5.91 Å². The van der Waals surface area contributed by atoms with Crippen LogP contribution in [0.5, 0.6) is 0 Å². The molecule has 0 radical (unpaired) electrons. The second-order valence-corrected chi connectivity index (χ2v) is 5.97. The molecule has 7 heteroatoms. The van der Waals surface area contributed by atoms with Crippen molar-refractivity contribution in [2.45, 2.75) is 33.7 Å². The smallest absolute Gasteiger partial charge is 0.292 e. The number of aromatic nitrogens is 2. The van der Waals surface area contributed by atoms with Crippen molar-refractivity contribution in [3.63, 3.8) is 0 Å². The van der Waals surface area contributed by atoms with E-state index in [0.717, 1.165) is 12.2 Å². The fraction of sp³-hybridized carbons (Fsp3) is 0.263. The molecule has 1 N–H and O–H groups in total. The van der Waals surface area contributed by atoms with Gasteiger partial charge in [0.15, 0.2) is 5.69 Å². The summed E-state index contributed by atoms with van der Waals surface area (Å²) in [5, 5.41) is 9.29. The molecule has 0 aliphatic carbocycles. The van der Waals surface area contributed by atoms with Crippen LogP contribution < -0.4 is 11.0 Å². The average molecular weight is 352 g/mol. The number of furan rings is 1. The van der Waals surface area contributed by atoms with Gasteiger partial charge in [0.1, 0.15) is 17.2 Å². The number of amides is 1. The zero-order valence-electron chi connectivity index (χ0n) is 14.9. The first-order valence-corrected chi connectivity index (χ1v) is 8.42. The molecule has 1 amide bonds. The summed E-state index contributed by atoms with van der Waals surface area (Å²) < 4.78 is 6.80. The maximum absolute atomic E-state index is 12.6. The third-order valence-electron chi connectivity index (χ3n) is 3.94. The van der Waals surface area contributed by atoms with Crippen molar-refractivity contribution < 1.29 is 9.21 Å². The summed E-state index contributed by atoms with van der Waals surface area (Å²) in [6.45, 7) is 5.96. The number of carbonyl (C=O) groups is 1. The highest BCUT2D eigenvalue weighted by atomic mass is 16.3. The number of carbonyl (C=O) groups excluding carboxylic acids is 1. The van der Waals surface area contributed by atoms with Gasteiger partial charge < -0.3 is 4.42 Å². The summed E-state index contributed by atoms with van der Waals surface area (Å²) in [4.78, 5) is 25.1. The van der Waals surface area contributed by atoms with Gasteiger partial charge in [0.05, 0.1) is 5.39 Å². The van der Waals surface area contributed by atoms with E-state index in [4.69, 9.17) is 4.42 Å². The van der Waals surface area contributed by atoms with Crippen LogP contribution in [0, 0.1) is 6.92 Å². The van der Waals surface area contributed by atoms with E-state index in [1.807, 2.05) is 19.9 Å². The number of hydrogen-bond donors (Lipinski definition) is 1. The number of rotatable bonds is 5. The Morgan fingerprint density at radius 3 is 2.62 bits per heavy atom. The van der Waals surface area contributed by atoms with Crippen molar-refractivity contribution in [3.05, 3.63) is 64.0 Å². The largest absolute Gasteiger partial charge is 0.460 e. The van der Waals surface area contributed by atoms with Crippen LogP contribution in [0.25, 0.3) is 10.8 Å². The van der Waals surface area contributed by atoms with Gasteiger partial charge in [-0.05, 0) is 38.5 Å². The molecule has 0 bridgehead atoms. The highest BCUT2D eigenvalue weighted by Gasteiger charge is 2.16. The molecule has 2 aromatic heterocycles. The predicted octanol–water partition coefficient (Wildman–Crippen LogP) is 2.86. The molecule has 134 valence electrons. The van der Waals surface area contributed by atoms with Gasteiger partial charge >= 0.3 is 0 Å². The first-order chi connectivity index (χ1) is 12.5. The highest BCUT2D eigenvalue weighted by Crippen LogP contribution is 2.13. The minimum atomic E-state index is -0.478. The molecule has 3 aromatic rings. The number of nitrogens with one attached hydrogen (secondary N) is 1. The van der Waals surface area contributed by atoms with Crippen molar-refractivity contribution >= 4 is 22.4 Å². The van der Waals surface area contributed by atoms with Gasteiger partial charge in [-0.25, -0.2) is 10.1 Å². The number of fused-ring (bicyclic) bond motifs is 1. The lowest BCUT2D eigenvalue weighted by molar-refractivity contribution is 0.0949. The number of aryl methyl sites for hydroxylation is 2. The third-order valence-corrected chi connectivity index (χ3v) is 3.94. The van der Waals surface area contributed by atoms with Crippen LogP contribution in [0.1, 0.15) is 42.3 Å². The Kier molecular flexibility index (Phi) is 4.97. The highest BCUT2D eigenvalue weighted by molar-refractivity contribution is 6.05. The molecule has 0 unspecified atom stereocenters. The molecule has 0 saturated carbocycles. The van der Waals surface area contributed by atoms with Crippen LogP contribution in [0.15, 0.2) is 50.7 Å². The second kappa shape index (κ2) is 7.35. The molecular formula is C19H20N4O3. The topological polar surface area (TPSA) is 89.5 Å². The van der Waals surface area contributed by atoms with Crippen molar-refractivity contribution in [3.8, 4) is 0 Å². The van der Waals surface area contributed by atoms with Gasteiger partial charge in [-0.15, -0.1) is 0 Å². The Bertz CT molecular complexity index is 1050. The van der Waals surface area contributed by atoms with Gasteiger partial charge in [-0.3, -0.25) is 9.59 Å². The summed E-state index contributed by atoms with van der Waals surface area (Å²) in [6, 6.07) is 10.6. The second-order valence-electron chi connectivity index (χ2n) is 5.97. The molecule has 0 spiro atoms. The summed E-state index contributed by atoms with van der Waals surface area (Å²) in [7, 11) is 0. The van der Waals surface area contributed by atoms with E-state index >= 15 is 0 Å². The third kappa shape index (κ3) is 3.42. The van der Waals surface area contributed by atoms with E-state index in [9.17, 15) is 9.59 Å². The van der Waals surface area contributed by atoms with Gasteiger partial charge in [0.25, 0.3) is 11.5 Å². The molecule has 7 nitrogen and oxygen atoms in total. The fourth-order valence-electron chi connectivity index (χ4n) is 2.64. The van der Waals surface area contributed by atoms with Crippen LogP contribution in [0.4, 0.5) is 0 Å². The van der Waals surface area contributed by atoms with Crippen molar-refractivity contribution in [2.24, 2.45) is 5.10 Å². The molecule has 2 heterocycles. The van der Waals surface area contributed by atoms with Gasteiger partial charge in [-0.2, -0.15) is 10.2 Å². The van der Waals surface area contributed by atoms with Crippen LogP contribution in [0.2, 0.25) is 0 Å². The number of hydrogen-bond acceptors (Lipinski definition) is 5. The van der Waals surface area contributed by atoms with E-state index in [-0.39, 0.29) is 11.3 Å². The molecule has 0 fully saturated rings. The number of benzene rings is 1. The van der Waals surface area contributed by atoms with Gasteiger partial charge in [-0.1, -0.05) is 25.1 Å². The molecule has 1 aromatic carbocycles. The van der Waals surface area contributed by atoms with Crippen LogP contribution in [0.3, 0.4) is 0 Å². The Balaban J connectivity index is 1.97. The van der Waals surface area contributed by atoms with Gasteiger partial charge in [0.2, 0.25) is 0 Å². The van der Waals surface area contributed by atoms with Crippen LogP contribution in [-0.2, 0) is 6.54 Å². The van der Waals surface area contributed by atoms with Crippen LogP contribution >= 0.6 is 0 Å². The summed E-state index contributed by atoms with van der Waals surface area (Å²) in [5.74, 6) is 0.866. The quantitative estimate of drug-likeness (QED) is 0.565. The Hall–Kier alpha value is -3.22. The number of hydrazone groups is 1. The molecular weight excluding hydrogens is 332 g/mol. The monoisotopic (exact) mass is 352 g/mol. The molecule has 26 heavy (non-hydrogen) atoms. The fourth-order valence-corrected chi connectivity index (χ4v) is 2.64. The minimum Gasteiger partial charge on any atom is -0.460 e. The Morgan fingerprint density at radius 1 is 1.23 bits per heavy atom. The van der Waals surface area contributed by atoms with E-state index in [1.54, 1.807) is 37.3 Å². The maximum atomic E-state index is 12.6. The molecule has 0 aliphatic rings. The lowest BCUT2D eigenvalue weighted by Crippen LogP contribution is -2.29. The number of nitrogens with zero attached hydrogens (tertiary/aromatic N) is 3. The van der Waals surface area contributed by atoms with Gasteiger partial charge in [0, 0.05) is 11.9 Å². The summed E-state index contributed by atoms with van der Waals surface area (Å²) in [6.07, 6.45) is 0.738. The zero-order chi connectivity index (χ0) is 18.7. The first kappa shape index (κ1) is 17.6. The van der Waals surface area contributed by atoms with Crippen molar-refractivity contribution in [1.29, 1.82) is 0 Å². The molecule has 0 aliphatic heterocycles. The molecule has 0 atom stereocenters. The van der Waals surface area contributed by atoms with Crippen LogP contribution in [-0.4, -0.2) is 21.4 Å². The maximum Gasteiger partial charge on any atom is 0.292 e. The normalized spacial score (nSPS) is 11.7. The van der Waals surface area contributed by atoms with E-state index in [1.165, 1.54) is 4.68 Å². The predicted molar refractivity (Wildman–Crippen MR) is 99.4 cm³/mol. The average Bonchev–Trinajstić information content (AvgIpc) is 3.08. The summed E-state index contributed by atoms with van der Waals surface area (Å²) >= 11 is 0.